The van der Waals surface area contributed by atoms with E-state index in [1.807, 2.05) is 13.2 Å². The fraction of sp³-hybridized carbons (Fsp3) is 0.643. The van der Waals surface area contributed by atoms with E-state index in [-0.39, 0.29) is 0 Å². The molecule has 0 aliphatic heterocycles. The molecule has 3 heteroatoms. The van der Waals surface area contributed by atoms with Gasteiger partial charge in [0.05, 0.1) is 0 Å². The molecule has 94 valence electrons. The first-order valence-corrected chi connectivity index (χ1v) is 6.59. The quantitative estimate of drug-likeness (QED) is 0.817. The van der Waals surface area contributed by atoms with Crippen molar-refractivity contribution in [2.75, 3.05) is 25.0 Å². The van der Waals surface area contributed by atoms with Gasteiger partial charge in [-0.1, -0.05) is 0 Å². The number of pyridine rings is 1. The van der Waals surface area contributed by atoms with Gasteiger partial charge in [-0.2, -0.15) is 0 Å². The van der Waals surface area contributed by atoms with Crippen molar-refractivity contribution in [1.29, 1.82) is 0 Å². The lowest BCUT2D eigenvalue weighted by molar-refractivity contribution is 0.727. The third-order valence-corrected chi connectivity index (χ3v) is 3.36. The third kappa shape index (κ3) is 3.19. The van der Waals surface area contributed by atoms with E-state index in [2.05, 4.69) is 35.1 Å². The van der Waals surface area contributed by atoms with Crippen molar-refractivity contribution in [3.8, 4) is 0 Å². The topological polar surface area (TPSA) is 28.2 Å². The van der Waals surface area contributed by atoms with Crippen molar-refractivity contribution < 1.29 is 0 Å². The van der Waals surface area contributed by atoms with Crippen LogP contribution in [-0.2, 0) is 6.54 Å². The summed E-state index contributed by atoms with van der Waals surface area (Å²) in [5.74, 6) is 0.922. The first-order valence-electron chi connectivity index (χ1n) is 6.59. The van der Waals surface area contributed by atoms with Crippen LogP contribution < -0.4 is 10.2 Å². The Bertz CT molecular complexity index is 372. The smallest absolute Gasteiger partial charge is 0.0445 e. The van der Waals surface area contributed by atoms with Gasteiger partial charge in [-0.15, -0.1) is 0 Å². The molecule has 1 N–H and O–H groups in total. The number of hydrogen-bond acceptors (Lipinski definition) is 3. The van der Waals surface area contributed by atoms with E-state index in [0.717, 1.165) is 24.7 Å². The average molecular weight is 233 g/mol. The predicted octanol–water partition coefficient (Wildman–Crippen LogP) is 2.35. The molecule has 0 saturated heterocycles. The molecule has 1 heterocycles. The average Bonchev–Trinajstić information content (AvgIpc) is 3.13. The summed E-state index contributed by atoms with van der Waals surface area (Å²) < 4.78 is 0. The molecule has 0 radical (unpaired) electrons. The predicted molar refractivity (Wildman–Crippen MR) is 72.3 cm³/mol. The maximum Gasteiger partial charge on any atom is 0.0445 e. The summed E-state index contributed by atoms with van der Waals surface area (Å²) >= 11 is 0. The van der Waals surface area contributed by atoms with Crippen molar-refractivity contribution in [1.82, 2.24) is 10.3 Å². The second kappa shape index (κ2) is 5.50. The minimum absolute atomic E-state index is 0.893. The summed E-state index contributed by atoms with van der Waals surface area (Å²) in [7, 11) is 1.99. The fourth-order valence-corrected chi connectivity index (χ4v) is 2.20. The van der Waals surface area contributed by atoms with Crippen LogP contribution in [0.3, 0.4) is 0 Å². The lowest BCUT2D eigenvalue weighted by Crippen LogP contribution is -2.27. The molecular weight excluding hydrogens is 210 g/mol. The van der Waals surface area contributed by atoms with Crippen molar-refractivity contribution in [2.24, 2.45) is 5.92 Å². The van der Waals surface area contributed by atoms with Crippen molar-refractivity contribution >= 4 is 5.69 Å². The molecule has 0 unspecified atom stereocenters. The van der Waals surface area contributed by atoms with Crippen LogP contribution in [0.25, 0.3) is 0 Å². The van der Waals surface area contributed by atoms with Crippen LogP contribution in [0, 0.1) is 12.8 Å². The van der Waals surface area contributed by atoms with Crippen LogP contribution in [0.4, 0.5) is 5.69 Å². The zero-order valence-corrected chi connectivity index (χ0v) is 11.2. The van der Waals surface area contributed by atoms with Gasteiger partial charge in [0, 0.05) is 42.8 Å². The molecule has 1 saturated carbocycles. The van der Waals surface area contributed by atoms with E-state index < -0.39 is 0 Å². The van der Waals surface area contributed by atoms with E-state index >= 15 is 0 Å². The zero-order chi connectivity index (χ0) is 12.3. The van der Waals surface area contributed by atoms with E-state index in [1.165, 1.54) is 30.6 Å². The van der Waals surface area contributed by atoms with E-state index in [0.29, 0.717) is 0 Å². The van der Waals surface area contributed by atoms with Gasteiger partial charge in [-0.05, 0) is 45.7 Å². The van der Waals surface area contributed by atoms with Gasteiger partial charge in [-0.25, -0.2) is 0 Å². The molecule has 1 aliphatic rings. The van der Waals surface area contributed by atoms with Crippen LogP contribution in [0.5, 0.6) is 0 Å². The standard InChI is InChI=1S/C14H23N3/c1-4-17(10-12-5-6-12)14-7-11(2)16-9-13(14)8-15-3/h7,9,12,15H,4-6,8,10H2,1-3H3. The zero-order valence-electron chi connectivity index (χ0n) is 11.2. The van der Waals surface area contributed by atoms with E-state index in [4.69, 9.17) is 0 Å². The first kappa shape index (κ1) is 12.4. The largest absolute Gasteiger partial charge is 0.371 e. The summed E-state index contributed by atoms with van der Waals surface area (Å²) in [6, 6.07) is 2.22. The molecule has 1 aromatic rings. The Hall–Kier alpha value is -1.09. The summed E-state index contributed by atoms with van der Waals surface area (Å²) in [6.07, 6.45) is 4.82. The maximum atomic E-state index is 4.40. The number of aromatic nitrogens is 1. The van der Waals surface area contributed by atoms with Gasteiger partial charge in [0.25, 0.3) is 0 Å². The van der Waals surface area contributed by atoms with E-state index in [1.54, 1.807) is 0 Å². The summed E-state index contributed by atoms with van der Waals surface area (Å²) in [4.78, 5) is 6.90. The molecular formula is C14H23N3. The van der Waals surface area contributed by atoms with Crippen LogP contribution in [0.1, 0.15) is 31.0 Å². The fourth-order valence-electron chi connectivity index (χ4n) is 2.20. The van der Waals surface area contributed by atoms with Crippen LogP contribution in [-0.4, -0.2) is 25.1 Å². The Balaban J connectivity index is 2.21. The Labute approximate surface area is 104 Å². The Morgan fingerprint density at radius 1 is 1.47 bits per heavy atom. The lowest BCUT2D eigenvalue weighted by atomic mass is 10.1. The minimum Gasteiger partial charge on any atom is -0.371 e. The van der Waals surface area contributed by atoms with E-state index in [9.17, 15) is 0 Å². The number of rotatable bonds is 6. The van der Waals surface area contributed by atoms with Crippen molar-refractivity contribution in [3.05, 3.63) is 23.5 Å². The second-order valence-corrected chi connectivity index (χ2v) is 4.97. The molecule has 0 bridgehead atoms. The van der Waals surface area contributed by atoms with Crippen LogP contribution >= 0.6 is 0 Å². The molecule has 17 heavy (non-hydrogen) atoms. The van der Waals surface area contributed by atoms with Gasteiger partial charge in [-0.3, -0.25) is 4.98 Å². The number of hydrogen-bond donors (Lipinski definition) is 1. The highest BCUT2D eigenvalue weighted by atomic mass is 15.1. The highest BCUT2D eigenvalue weighted by Gasteiger charge is 2.24. The SMILES string of the molecule is CCN(CC1CC1)c1cc(C)ncc1CNC. The number of aryl methyl sites for hydroxylation is 1. The molecule has 2 rings (SSSR count). The number of nitrogens with one attached hydrogen (secondary N) is 1. The Morgan fingerprint density at radius 2 is 2.24 bits per heavy atom. The Kier molecular flexibility index (Phi) is 4.00. The summed E-state index contributed by atoms with van der Waals surface area (Å²) in [5.41, 5.74) is 3.77. The molecule has 0 amide bonds. The molecule has 1 fully saturated rings. The highest BCUT2D eigenvalue weighted by molar-refractivity contribution is 5.53. The van der Waals surface area contributed by atoms with Crippen molar-refractivity contribution in [2.45, 2.75) is 33.2 Å². The third-order valence-electron chi connectivity index (χ3n) is 3.36. The normalized spacial score (nSPS) is 15.0. The monoisotopic (exact) mass is 233 g/mol. The first-order chi connectivity index (χ1) is 8.24. The number of nitrogens with zero attached hydrogens (tertiary/aromatic N) is 2. The molecule has 1 aromatic heterocycles. The van der Waals surface area contributed by atoms with Gasteiger partial charge >= 0.3 is 0 Å². The van der Waals surface area contributed by atoms with Gasteiger partial charge in [0.15, 0.2) is 0 Å². The van der Waals surface area contributed by atoms with Crippen molar-refractivity contribution in [3.63, 3.8) is 0 Å². The maximum absolute atomic E-state index is 4.40. The molecule has 3 nitrogen and oxygen atoms in total. The highest BCUT2D eigenvalue weighted by Crippen LogP contribution is 2.32. The summed E-state index contributed by atoms with van der Waals surface area (Å²) in [6.45, 7) is 7.48. The van der Waals surface area contributed by atoms with Gasteiger partial charge < -0.3 is 10.2 Å². The second-order valence-electron chi connectivity index (χ2n) is 4.97. The molecule has 1 aliphatic carbocycles. The van der Waals surface area contributed by atoms with Gasteiger partial charge in [0.2, 0.25) is 0 Å². The van der Waals surface area contributed by atoms with Gasteiger partial charge in [0.1, 0.15) is 0 Å². The van der Waals surface area contributed by atoms with Crippen LogP contribution in [0.15, 0.2) is 12.3 Å². The molecule has 0 spiro atoms. The molecule has 0 aromatic carbocycles. The molecule has 0 atom stereocenters. The minimum atomic E-state index is 0.893. The lowest BCUT2D eigenvalue weighted by Gasteiger charge is -2.26. The van der Waals surface area contributed by atoms with Crippen LogP contribution in [0.2, 0.25) is 0 Å². The number of anilines is 1. The Morgan fingerprint density at radius 3 is 2.82 bits per heavy atom. The summed E-state index contributed by atoms with van der Waals surface area (Å²) in [5, 5.41) is 3.23.